The smallest absolute Gasteiger partial charge is 0.246 e. The van der Waals surface area contributed by atoms with E-state index >= 15 is 0 Å². The molecular weight excluding hydrogens is 159 g/mol. The molecule has 4 heteroatoms. The van der Waals surface area contributed by atoms with Crippen LogP contribution in [0.2, 0.25) is 0 Å². The van der Waals surface area contributed by atoms with E-state index in [1.807, 2.05) is 20.8 Å². The molecule has 0 aromatic rings. The van der Waals surface area contributed by atoms with Crippen LogP contribution in [0.5, 0.6) is 0 Å². The third kappa shape index (κ3) is 5.80. The minimum absolute atomic E-state index is 0.0221. The lowest BCUT2D eigenvalue weighted by Gasteiger charge is -2.17. The van der Waals surface area contributed by atoms with E-state index in [1.54, 1.807) is 11.6 Å². The van der Waals surface area contributed by atoms with Crippen molar-refractivity contribution in [2.45, 2.75) is 20.8 Å². The predicted octanol–water partition coefficient (Wildman–Crippen LogP) is 2.41. The second kappa shape index (κ2) is 4.29. The van der Waals surface area contributed by atoms with Crippen molar-refractivity contribution in [3.05, 3.63) is 0 Å². The number of hydrogen-bond donors (Lipinski definition) is 0. The van der Waals surface area contributed by atoms with Crippen molar-refractivity contribution in [1.29, 1.82) is 10.5 Å². The van der Waals surface area contributed by atoms with Gasteiger partial charge in [-0.1, -0.05) is 20.8 Å². The summed E-state index contributed by atoms with van der Waals surface area (Å²) in [6.45, 7) is 6.44. The molecule has 3 nitrogen and oxygen atoms in total. The second-order valence-corrected chi connectivity index (χ2v) is 4.58. The Labute approximate surface area is 68.4 Å². The molecule has 0 fully saturated rings. The summed E-state index contributed by atoms with van der Waals surface area (Å²) in [4.78, 5) is 0. The van der Waals surface area contributed by atoms with E-state index in [1.165, 1.54) is 0 Å². The molecule has 0 heterocycles. The first-order valence-corrected chi connectivity index (χ1v) is 4.48. The number of nitriles is 2. The molecule has 0 aliphatic rings. The fourth-order valence-electron chi connectivity index (χ4n) is 0.338. The van der Waals surface area contributed by atoms with Crippen LogP contribution in [0, 0.1) is 27.6 Å². The summed E-state index contributed by atoms with van der Waals surface area (Å²) in [5, 5.41) is 16.7. The largest absolute Gasteiger partial charge is 0.333 e. The molecule has 0 saturated heterocycles. The van der Waals surface area contributed by atoms with Crippen LogP contribution in [-0.2, 0) is 4.52 Å². The minimum Gasteiger partial charge on any atom is -0.333 e. The summed E-state index contributed by atoms with van der Waals surface area (Å²) in [5.41, 5.74) is 0.0221. The number of hydrogen-bond acceptors (Lipinski definition) is 3. The highest BCUT2D eigenvalue weighted by atomic mass is 31.1. The van der Waals surface area contributed by atoms with E-state index in [2.05, 4.69) is 0 Å². The lowest BCUT2D eigenvalue weighted by atomic mass is 9.99. The van der Waals surface area contributed by atoms with Crippen LogP contribution in [0.3, 0.4) is 0 Å². The molecule has 0 aromatic carbocycles. The maximum atomic E-state index is 8.35. The van der Waals surface area contributed by atoms with Gasteiger partial charge in [0.1, 0.15) is 11.6 Å². The maximum Gasteiger partial charge on any atom is 0.246 e. The third-order valence-electron chi connectivity index (χ3n) is 0.808. The van der Waals surface area contributed by atoms with Crippen molar-refractivity contribution >= 4 is 8.15 Å². The van der Waals surface area contributed by atoms with E-state index in [0.717, 1.165) is 0 Å². The van der Waals surface area contributed by atoms with Gasteiger partial charge in [-0.3, -0.25) is 0 Å². The van der Waals surface area contributed by atoms with Gasteiger partial charge in [-0.15, -0.1) is 0 Å². The summed E-state index contributed by atoms with van der Waals surface area (Å²) < 4.78 is 5.05. The zero-order valence-corrected chi connectivity index (χ0v) is 7.85. The van der Waals surface area contributed by atoms with Crippen molar-refractivity contribution in [2.75, 3.05) is 6.61 Å². The van der Waals surface area contributed by atoms with Crippen molar-refractivity contribution in [3.63, 3.8) is 0 Å². The van der Waals surface area contributed by atoms with Gasteiger partial charge in [0.05, 0.1) is 6.61 Å². The molecule has 0 spiro atoms. The summed E-state index contributed by atoms with van der Waals surface area (Å²) in [6, 6.07) is 0. The SMILES string of the molecule is CC(C)(C)COP(C#N)C#N. The van der Waals surface area contributed by atoms with Gasteiger partial charge in [0.2, 0.25) is 8.15 Å². The first kappa shape index (κ1) is 10.4. The average Bonchev–Trinajstić information content (AvgIpc) is 1.88. The highest BCUT2D eigenvalue weighted by molar-refractivity contribution is 7.62. The lowest BCUT2D eigenvalue weighted by Crippen LogP contribution is -2.12. The summed E-state index contributed by atoms with van der Waals surface area (Å²) in [6.07, 6.45) is 0. The van der Waals surface area contributed by atoms with Crippen LogP contribution in [0.25, 0.3) is 0 Å². The van der Waals surface area contributed by atoms with Gasteiger partial charge in [0.15, 0.2) is 0 Å². The topological polar surface area (TPSA) is 56.8 Å². The molecule has 0 saturated carbocycles. The molecule has 0 rings (SSSR count). The molecule has 0 amide bonds. The highest BCUT2D eigenvalue weighted by Gasteiger charge is 2.14. The van der Waals surface area contributed by atoms with Gasteiger partial charge in [0.25, 0.3) is 0 Å². The summed E-state index contributed by atoms with van der Waals surface area (Å²) >= 11 is 0. The van der Waals surface area contributed by atoms with E-state index in [-0.39, 0.29) is 5.41 Å². The van der Waals surface area contributed by atoms with Crippen molar-refractivity contribution in [2.24, 2.45) is 5.41 Å². The first-order valence-electron chi connectivity index (χ1n) is 3.22. The molecule has 11 heavy (non-hydrogen) atoms. The van der Waals surface area contributed by atoms with Crippen LogP contribution >= 0.6 is 8.15 Å². The van der Waals surface area contributed by atoms with Crippen LogP contribution in [0.4, 0.5) is 0 Å². The Morgan fingerprint density at radius 2 is 1.73 bits per heavy atom. The second-order valence-electron chi connectivity index (χ2n) is 3.33. The summed E-state index contributed by atoms with van der Waals surface area (Å²) in [7, 11) is -1.51. The normalized spacial score (nSPS) is 10.7. The first-order chi connectivity index (χ1) is 4.99. The molecule has 0 aromatic heterocycles. The Hall–Kier alpha value is -0.630. The lowest BCUT2D eigenvalue weighted by molar-refractivity contribution is 0.220. The minimum atomic E-state index is -1.51. The Bertz CT molecular complexity index is 182. The third-order valence-corrected chi connectivity index (χ3v) is 1.56. The quantitative estimate of drug-likeness (QED) is 0.598. The molecule has 0 bridgehead atoms. The fourth-order valence-corrected chi connectivity index (χ4v) is 1.01. The van der Waals surface area contributed by atoms with E-state index in [4.69, 9.17) is 15.0 Å². The summed E-state index contributed by atoms with van der Waals surface area (Å²) in [5.74, 6) is 3.61. The van der Waals surface area contributed by atoms with Gasteiger partial charge < -0.3 is 4.52 Å². The van der Waals surface area contributed by atoms with Gasteiger partial charge >= 0.3 is 0 Å². The van der Waals surface area contributed by atoms with Crippen LogP contribution < -0.4 is 0 Å². The highest BCUT2D eigenvalue weighted by Crippen LogP contribution is 2.35. The molecule has 0 radical (unpaired) electrons. The zero-order valence-electron chi connectivity index (χ0n) is 6.96. The van der Waals surface area contributed by atoms with Gasteiger partial charge in [-0.25, -0.2) is 0 Å². The van der Waals surface area contributed by atoms with E-state index in [0.29, 0.717) is 6.61 Å². The van der Waals surface area contributed by atoms with Gasteiger partial charge in [-0.05, 0) is 5.41 Å². The van der Waals surface area contributed by atoms with E-state index in [9.17, 15) is 0 Å². The van der Waals surface area contributed by atoms with Gasteiger partial charge in [0, 0.05) is 0 Å². The van der Waals surface area contributed by atoms with Gasteiger partial charge in [-0.2, -0.15) is 10.5 Å². The number of nitrogens with zero attached hydrogens (tertiary/aromatic N) is 2. The Kier molecular flexibility index (Phi) is 4.04. The van der Waals surface area contributed by atoms with E-state index < -0.39 is 8.15 Å². The van der Waals surface area contributed by atoms with Crippen LogP contribution in [0.15, 0.2) is 0 Å². The molecule has 60 valence electrons. The zero-order chi connectivity index (χ0) is 8.91. The fraction of sp³-hybridized carbons (Fsp3) is 0.714. The monoisotopic (exact) mass is 170 g/mol. The van der Waals surface area contributed by atoms with Crippen molar-refractivity contribution in [1.82, 2.24) is 0 Å². The molecule has 0 aliphatic carbocycles. The molecule has 0 unspecified atom stereocenters. The molecule has 0 aliphatic heterocycles. The predicted molar refractivity (Wildman–Crippen MR) is 43.6 cm³/mol. The molecule has 0 atom stereocenters. The van der Waals surface area contributed by atoms with Crippen LogP contribution in [0.1, 0.15) is 20.8 Å². The molecule has 0 N–H and O–H groups in total. The molecular formula is C7H11N2OP. The Morgan fingerprint density at radius 1 is 1.27 bits per heavy atom. The average molecular weight is 170 g/mol. The Balaban J connectivity index is 3.74. The Morgan fingerprint density at radius 3 is 2.00 bits per heavy atom. The standard InChI is InChI=1S/C7H11N2OP/c1-7(2,3)4-10-11(5-8)6-9/h4H2,1-3H3. The van der Waals surface area contributed by atoms with Crippen molar-refractivity contribution in [3.8, 4) is 11.6 Å². The number of rotatable bonds is 2. The van der Waals surface area contributed by atoms with Crippen LogP contribution in [-0.4, -0.2) is 6.61 Å². The van der Waals surface area contributed by atoms with Crippen molar-refractivity contribution < 1.29 is 4.52 Å². The maximum absolute atomic E-state index is 8.35.